The molecule has 0 N–H and O–H groups in total. The number of hydrogen-bond acceptors (Lipinski definition) is 1. The van der Waals surface area contributed by atoms with Crippen molar-refractivity contribution in [1.29, 1.82) is 0 Å². The zero-order valence-electron chi connectivity index (χ0n) is 14.2. The topological polar surface area (TPSA) is 12.9 Å². The third-order valence-electron chi connectivity index (χ3n) is 2.95. The van der Waals surface area contributed by atoms with E-state index in [4.69, 9.17) is 0 Å². The zero-order chi connectivity index (χ0) is 15.1. The lowest BCUT2D eigenvalue weighted by atomic mass is 9.69. The summed E-state index contributed by atoms with van der Waals surface area (Å²) < 4.78 is 0. The van der Waals surface area contributed by atoms with Crippen LogP contribution in [0.5, 0.6) is 0 Å². The van der Waals surface area contributed by atoms with Gasteiger partial charge in [-0.1, -0.05) is 67.9 Å². The van der Waals surface area contributed by atoms with Crippen LogP contribution in [0.3, 0.4) is 0 Å². The molecule has 1 rings (SSSR count). The average Bonchev–Trinajstić information content (AvgIpc) is 2.26. The summed E-state index contributed by atoms with van der Waals surface area (Å²) in [5.74, 6) is 0.571. The van der Waals surface area contributed by atoms with E-state index < -0.39 is 0 Å². The lowest BCUT2D eigenvalue weighted by Crippen LogP contribution is -2.23. The minimum Gasteiger partial charge on any atom is -0.264 e. The van der Waals surface area contributed by atoms with Crippen LogP contribution in [0.25, 0.3) is 0 Å². The van der Waals surface area contributed by atoms with Crippen LogP contribution in [0.1, 0.15) is 79.7 Å². The molecular formula is C18H33N. The van der Waals surface area contributed by atoms with Gasteiger partial charge in [0.05, 0.1) is 0 Å². The fraction of sp³-hybridized carbons (Fsp3) is 0.722. The Hall–Kier alpha value is -0.850. The first-order valence-electron chi connectivity index (χ1n) is 7.51. The summed E-state index contributed by atoms with van der Waals surface area (Å²) in [7, 11) is 0. The maximum Gasteiger partial charge on any atom is 0.0302 e. The molecule has 1 aromatic heterocycles. The largest absolute Gasteiger partial charge is 0.264 e. The molecule has 0 amide bonds. The lowest BCUT2D eigenvalue weighted by Gasteiger charge is -2.35. The molecular weight excluding hydrogens is 230 g/mol. The van der Waals surface area contributed by atoms with Gasteiger partial charge in [0.25, 0.3) is 0 Å². The Morgan fingerprint density at radius 2 is 1.58 bits per heavy atom. The summed E-state index contributed by atoms with van der Waals surface area (Å²) in [6, 6.07) is 4.24. The molecule has 0 fully saturated rings. The Morgan fingerprint density at radius 1 is 1.05 bits per heavy atom. The molecule has 0 saturated carbocycles. The van der Waals surface area contributed by atoms with Gasteiger partial charge >= 0.3 is 0 Å². The van der Waals surface area contributed by atoms with Gasteiger partial charge in [-0.2, -0.15) is 0 Å². The molecule has 0 spiro atoms. The molecule has 1 unspecified atom stereocenters. The van der Waals surface area contributed by atoms with E-state index in [0.717, 1.165) is 0 Å². The van der Waals surface area contributed by atoms with Crippen molar-refractivity contribution in [2.24, 2.45) is 10.8 Å². The highest BCUT2D eigenvalue weighted by Crippen LogP contribution is 2.42. The Morgan fingerprint density at radius 3 is 1.89 bits per heavy atom. The minimum atomic E-state index is 0.288. The second-order valence-corrected chi connectivity index (χ2v) is 7.68. The van der Waals surface area contributed by atoms with Crippen LogP contribution < -0.4 is 0 Å². The molecule has 0 saturated heterocycles. The van der Waals surface area contributed by atoms with E-state index in [1.54, 1.807) is 0 Å². The molecule has 0 aliphatic rings. The SMILES string of the molecule is CC(C)(C)CC(c1cccnc1)C(C)(C)C.CCC. The van der Waals surface area contributed by atoms with Crippen LogP contribution in [-0.2, 0) is 0 Å². The Labute approximate surface area is 120 Å². The quantitative estimate of drug-likeness (QED) is 0.631. The third-order valence-corrected chi connectivity index (χ3v) is 2.95. The molecule has 110 valence electrons. The van der Waals surface area contributed by atoms with Crippen molar-refractivity contribution in [3.63, 3.8) is 0 Å². The molecule has 1 aromatic rings. The fourth-order valence-electron chi connectivity index (χ4n) is 2.12. The standard InChI is InChI=1S/C15H25N.C3H8/c1-14(2,3)10-13(15(4,5)6)12-8-7-9-16-11-12;1-3-2/h7-9,11,13H,10H2,1-6H3;3H2,1-2H3. The molecule has 1 heteroatoms. The molecule has 1 heterocycles. The predicted molar refractivity (Wildman–Crippen MR) is 86.5 cm³/mol. The van der Waals surface area contributed by atoms with Gasteiger partial charge in [-0.05, 0) is 34.8 Å². The van der Waals surface area contributed by atoms with Crippen LogP contribution >= 0.6 is 0 Å². The van der Waals surface area contributed by atoms with Crippen molar-refractivity contribution in [3.05, 3.63) is 30.1 Å². The molecule has 0 aromatic carbocycles. The maximum atomic E-state index is 4.25. The summed E-state index contributed by atoms with van der Waals surface area (Å²) in [6.45, 7) is 18.1. The summed E-state index contributed by atoms with van der Waals surface area (Å²) in [4.78, 5) is 4.25. The molecule has 0 radical (unpaired) electrons. The van der Waals surface area contributed by atoms with Gasteiger partial charge in [0.2, 0.25) is 0 Å². The highest BCUT2D eigenvalue weighted by atomic mass is 14.6. The van der Waals surface area contributed by atoms with Gasteiger partial charge in [-0.3, -0.25) is 4.98 Å². The van der Waals surface area contributed by atoms with Gasteiger partial charge in [0, 0.05) is 12.4 Å². The molecule has 1 nitrogen and oxygen atoms in total. The van der Waals surface area contributed by atoms with Crippen LogP contribution in [0.2, 0.25) is 0 Å². The van der Waals surface area contributed by atoms with E-state index >= 15 is 0 Å². The highest BCUT2D eigenvalue weighted by Gasteiger charge is 2.30. The van der Waals surface area contributed by atoms with Crippen molar-refractivity contribution in [2.75, 3.05) is 0 Å². The number of rotatable bonds is 2. The van der Waals surface area contributed by atoms with Crippen molar-refractivity contribution < 1.29 is 0 Å². The van der Waals surface area contributed by atoms with Gasteiger partial charge in [-0.15, -0.1) is 0 Å². The molecule has 0 aliphatic carbocycles. The van der Waals surface area contributed by atoms with E-state index in [1.807, 2.05) is 18.5 Å². The molecule has 0 bridgehead atoms. The first kappa shape index (κ1) is 18.1. The van der Waals surface area contributed by atoms with Crippen molar-refractivity contribution >= 4 is 0 Å². The Kier molecular flexibility index (Phi) is 7.33. The summed E-state index contributed by atoms with van der Waals surface area (Å²) >= 11 is 0. The van der Waals surface area contributed by atoms with Gasteiger partial charge < -0.3 is 0 Å². The third kappa shape index (κ3) is 8.02. The van der Waals surface area contributed by atoms with Crippen molar-refractivity contribution in [2.45, 2.75) is 74.1 Å². The van der Waals surface area contributed by atoms with E-state index in [2.05, 4.69) is 66.4 Å². The first-order valence-corrected chi connectivity index (χ1v) is 7.51. The van der Waals surface area contributed by atoms with Crippen LogP contribution in [0, 0.1) is 10.8 Å². The average molecular weight is 263 g/mol. The number of aromatic nitrogens is 1. The number of pyridine rings is 1. The van der Waals surface area contributed by atoms with E-state index in [9.17, 15) is 0 Å². The molecule has 1 atom stereocenters. The first-order chi connectivity index (χ1) is 8.61. The van der Waals surface area contributed by atoms with E-state index in [0.29, 0.717) is 11.3 Å². The lowest BCUT2D eigenvalue weighted by molar-refractivity contribution is 0.229. The highest BCUT2D eigenvalue weighted by molar-refractivity contribution is 5.17. The fourth-order valence-corrected chi connectivity index (χ4v) is 2.12. The van der Waals surface area contributed by atoms with E-state index in [1.165, 1.54) is 18.4 Å². The second kappa shape index (κ2) is 7.67. The predicted octanol–water partition coefficient (Wildman–Crippen LogP) is 6.06. The van der Waals surface area contributed by atoms with Gasteiger partial charge in [-0.25, -0.2) is 0 Å². The van der Waals surface area contributed by atoms with Crippen LogP contribution in [0.4, 0.5) is 0 Å². The smallest absolute Gasteiger partial charge is 0.0302 e. The van der Waals surface area contributed by atoms with E-state index in [-0.39, 0.29) is 5.41 Å². The maximum absolute atomic E-state index is 4.25. The van der Waals surface area contributed by atoms with Crippen LogP contribution in [-0.4, -0.2) is 4.98 Å². The van der Waals surface area contributed by atoms with Crippen molar-refractivity contribution in [1.82, 2.24) is 4.98 Å². The summed E-state index contributed by atoms with van der Waals surface area (Å²) in [5.41, 5.74) is 2.01. The van der Waals surface area contributed by atoms with Gasteiger partial charge in [0.15, 0.2) is 0 Å². The number of hydrogen-bond donors (Lipinski definition) is 0. The Balaban J connectivity index is 0.000000982. The number of nitrogens with zero attached hydrogens (tertiary/aromatic N) is 1. The van der Waals surface area contributed by atoms with Crippen LogP contribution in [0.15, 0.2) is 24.5 Å². The normalized spacial score (nSPS) is 13.5. The van der Waals surface area contributed by atoms with Crippen molar-refractivity contribution in [3.8, 4) is 0 Å². The summed E-state index contributed by atoms with van der Waals surface area (Å²) in [6.07, 6.45) is 6.31. The minimum absolute atomic E-state index is 0.288. The Bertz CT molecular complexity index is 327. The summed E-state index contributed by atoms with van der Waals surface area (Å²) in [5, 5.41) is 0. The second-order valence-electron chi connectivity index (χ2n) is 7.68. The molecule has 0 aliphatic heterocycles. The van der Waals surface area contributed by atoms with Gasteiger partial charge in [0.1, 0.15) is 0 Å². The zero-order valence-corrected chi connectivity index (χ0v) is 14.2. The molecule has 19 heavy (non-hydrogen) atoms. The monoisotopic (exact) mass is 263 g/mol.